The molecule has 1 saturated carbocycles. The van der Waals surface area contributed by atoms with E-state index in [2.05, 4.69) is 52.1 Å². The van der Waals surface area contributed by atoms with Crippen LogP contribution in [-0.4, -0.2) is 16.2 Å². The minimum absolute atomic E-state index is 0.150. The fraction of sp³-hybridized carbons (Fsp3) is 0.467. The van der Waals surface area contributed by atoms with Crippen LogP contribution >= 0.6 is 15.9 Å². The molecule has 2 aromatic rings. The molecule has 20 heavy (non-hydrogen) atoms. The Morgan fingerprint density at radius 2 is 2.00 bits per heavy atom. The maximum absolute atomic E-state index is 6.09. The van der Waals surface area contributed by atoms with E-state index in [1.165, 1.54) is 24.0 Å². The molecule has 5 heteroatoms. The number of halogens is 1. The second-order valence-corrected chi connectivity index (χ2v) is 6.43. The summed E-state index contributed by atoms with van der Waals surface area (Å²) >= 11 is 3.57. The molecule has 4 nitrogen and oxygen atoms in total. The van der Waals surface area contributed by atoms with Gasteiger partial charge in [-0.25, -0.2) is 0 Å². The van der Waals surface area contributed by atoms with Crippen LogP contribution in [0.3, 0.4) is 0 Å². The predicted octanol–water partition coefficient (Wildman–Crippen LogP) is 3.40. The Hall–Kier alpha value is -1.20. The van der Waals surface area contributed by atoms with E-state index < -0.39 is 0 Å². The Kier molecular flexibility index (Phi) is 3.65. The molecule has 1 aromatic carbocycles. The third-order valence-corrected chi connectivity index (χ3v) is 5.05. The van der Waals surface area contributed by atoms with E-state index in [0.717, 1.165) is 10.0 Å². The molecule has 3 rings (SSSR count). The molecule has 1 atom stereocenters. The summed E-state index contributed by atoms with van der Waals surface area (Å²) in [4.78, 5) is 4.47. The van der Waals surface area contributed by atoms with Gasteiger partial charge in [-0.05, 0) is 55.9 Å². The van der Waals surface area contributed by atoms with Crippen molar-refractivity contribution in [3.8, 4) is 11.4 Å². The summed E-state index contributed by atoms with van der Waals surface area (Å²) in [5.74, 6) is 1.92. The Bertz CT molecular complexity index is 611. The number of benzene rings is 1. The van der Waals surface area contributed by atoms with Crippen molar-refractivity contribution in [3.05, 3.63) is 33.6 Å². The van der Waals surface area contributed by atoms with E-state index in [4.69, 9.17) is 10.3 Å². The first-order valence-electron chi connectivity index (χ1n) is 6.90. The quantitative estimate of drug-likeness (QED) is 0.929. The van der Waals surface area contributed by atoms with Crippen LogP contribution in [0.2, 0.25) is 0 Å². The van der Waals surface area contributed by atoms with Gasteiger partial charge < -0.3 is 10.3 Å². The van der Waals surface area contributed by atoms with Gasteiger partial charge in [-0.15, -0.1) is 0 Å². The standard InChI is InChI=1S/C15H18BrN3O/c1-8-5-11(6-9(2)14(8)16)15-18-13(20-19-15)7-12(17)10-3-4-10/h5-6,10,12H,3-4,7,17H2,1-2H3. The Balaban J connectivity index is 1.82. The zero-order valence-corrected chi connectivity index (χ0v) is 13.3. The SMILES string of the molecule is Cc1cc(-c2noc(CC(N)C3CC3)n2)cc(C)c1Br. The molecule has 0 saturated heterocycles. The highest BCUT2D eigenvalue weighted by atomic mass is 79.9. The first kappa shape index (κ1) is 13.8. The maximum atomic E-state index is 6.09. The second-order valence-electron chi connectivity index (χ2n) is 5.64. The summed E-state index contributed by atoms with van der Waals surface area (Å²) in [6, 6.07) is 4.27. The Labute approximate surface area is 126 Å². The van der Waals surface area contributed by atoms with Gasteiger partial charge in [-0.3, -0.25) is 0 Å². The number of hydrogen-bond acceptors (Lipinski definition) is 4. The second kappa shape index (κ2) is 5.30. The van der Waals surface area contributed by atoms with E-state index >= 15 is 0 Å². The lowest BCUT2D eigenvalue weighted by atomic mass is 10.1. The number of nitrogens with two attached hydrogens (primary N) is 1. The molecular weight excluding hydrogens is 318 g/mol. The van der Waals surface area contributed by atoms with Crippen molar-refractivity contribution in [2.45, 2.75) is 39.2 Å². The van der Waals surface area contributed by atoms with Crippen molar-refractivity contribution in [1.29, 1.82) is 0 Å². The lowest BCUT2D eigenvalue weighted by Crippen LogP contribution is -2.25. The lowest BCUT2D eigenvalue weighted by Gasteiger charge is -2.05. The highest BCUT2D eigenvalue weighted by Gasteiger charge is 2.29. The topological polar surface area (TPSA) is 64.9 Å². The van der Waals surface area contributed by atoms with Gasteiger partial charge in [-0.2, -0.15) is 4.98 Å². The Morgan fingerprint density at radius 3 is 2.60 bits per heavy atom. The Morgan fingerprint density at radius 1 is 1.35 bits per heavy atom. The van der Waals surface area contributed by atoms with Gasteiger partial charge in [-0.1, -0.05) is 21.1 Å². The molecule has 0 radical (unpaired) electrons. The first-order chi connectivity index (χ1) is 9.54. The highest BCUT2D eigenvalue weighted by Crippen LogP contribution is 2.33. The molecule has 1 heterocycles. The van der Waals surface area contributed by atoms with E-state index in [1.54, 1.807) is 0 Å². The number of rotatable bonds is 4. The van der Waals surface area contributed by atoms with Crippen molar-refractivity contribution < 1.29 is 4.52 Å². The molecule has 0 aliphatic heterocycles. The monoisotopic (exact) mass is 335 g/mol. The maximum Gasteiger partial charge on any atom is 0.228 e. The summed E-state index contributed by atoms with van der Waals surface area (Å²) < 4.78 is 6.45. The van der Waals surface area contributed by atoms with Gasteiger partial charge in [0.1, 0.15) is 0 Å². The van der Waals surface area contributed by atoms with Gasteiger partial charge >= 0.3 is 0 Å². The van der Waals surface area contributed by atoms with Crippen LogP contribution in [0.5, 0.6) is 0 Å². The highest BCUT2D eigenvalue weighted by molar-refractivity contribution is 9.10. The number of aromatic nitrogens is 2. The molecule has 2 N–H and O–H groups in total. The van der Waals surface area contributed by atoms with Crippen molar-refractivity contribution in [3.63, 3.8) is 0 Å². The minimum atomic E-state index is 0.150. The van der Waals surface area contributed by atoms with E-state index in [-0.39, 0.29) is 6.04 Å². The molecule has 1 aliphatic carbocycles. The number of hydrogen-bond donors (Lipinski definition) is 1. The number of aryl methyl sites for hydroxylation is 2. The number of nitrogens with zero attached hydrogens (tertiary/aromatic N) is 2. The fourth-order valence-corrected chi connectivity index (χ4v) is 2.65. The van der Waals surface area contributed by atoms with Gasteiger partial charge in [0.2, 0.25) is 11.7 Å². The average Bonchev–Trinajstić information content (AvgIpc) is 3.16. The molecule has 0 bridgehead atoms. The molecular formula is C15H18BrN3O. The summed E-state index contributed by atoms with van der Waals surface area (Å²) in [6.45, 7) is 4.12. The van der Waals surface area contributed by atoms with Crippen LogP contribution in [0.4, 0.5) is 0 Å². The molecule has 1 fully saturated rings. The van der Waals surface area contributed by atoms with E-state index in [9.17, 15) is 0 Å². The fourth-order valence-electron chi connectivity index (χ4n) is 2.42. The summed E-state index contributed by atoms with van der Waals surface area (Å²) in [7, 11) is 0. The lowest BCUT2D eigenvalue weighted by molar-refractivity contribution is 0.364. The van der Waals surface area contributed by atoms with Crippen molar-refractivity contribution in [2.24, 2.45) is 11.7 Å². The molecule has 1 aliphatic rings. The molecule has 0 spiro atoms. The van der Waals surface area contributed by atoms with Crippen molar-refractivity contribution in [2.75, 3.05) is 0 Å². The van der Waals surface area contributed by atoms with E-state index in [0.29, 0.717) is 24.1 Å². The smallest absolute Gasteiger partial charge is 0.228 e. The summed E-state index contributed by atoms with van der Waals surface area (Å²) in [6.07, 6.45) is 3.13. The summed E-state index contributed by atoms with van der Waals surface area (Å²) in [5.41, 5.74) is 9.41. The van der Waals surface area contributed by atoms with Crippen molar-refractivity contribution in [1.82, 2.24) is 10.1 Å². The first-order valence-corrected chi connectivity index (χ1v) is 7.69. The summed E-state index contributed by atoms with van der Waals surface area (Å²) in [5, 5.41) is 4.07. The zero-order chi connectivity index (χ0) is 14.3. The van der Waals surface area contributed by atoms with Crippen LogP contribution in [0.15, 0.2) is 21.1 Å². The van der Waals surface area contributed by atoms with Crippen LogP contribution in [-0.2, 0) is 6.42 Å². The third-order valence-electron chi connectivity index (χ3n) is 3.80. The van der Waals surface area contributed by atoms with E-state index in [1.807, 2.05) is 0 Å². The predicted molar refractivity (Wildman–Crippen MR) is 81.3 cm³/mol. The van der Waals surface area contributed by atoms with Gasteiger partial charge in [0.25, 0.3) is 0 Å². The molecule has 1 aromatic heterocycles. The van der Waals surface area contributed by atoms with Gasteiger partial charge in [0.15, 0.2) is 0 Å². The normalized spacial score (nSPS) is 16.4. The van der Waals surface area contributed by atoms with Gasteiger partial charge in [0, 0.05) is 22.5 Å². The van der Waals surface area contributed by atoms with Gasteiger partial charge in [0.05, 0.1) is 0 Å². The van der Waals surface area contributed by atoms with Crippen LogP contribution in [0.25, 0.3) is 11.4 Å². The van der Waals surface area contributed by atoms with Crippen LogP contribution < -0.4 is 5.73 Å². The van der Waals surface area contributed by atoms with Crippen molar-refractivity contribution >= 4 is 15.9 Å². The molecule has 1 unspecified atom stereocenters. The third kappa shape index (κ3) is 2.79. The van der Waals surface area contributed by atoms with Crippen LogP contribution in [0, 0.1) is 19.8 Å². The largest absolute Gasteiger partial charge is 0.339 e. The molecule has 106 valence electrons. The average molecular weight is 336 g/mol. The molecule has 0 amide bonds. The minimum Gasteiger partial charge on any atom is -0.339 e. The zero-order valence-electron chi connectivity index (χ0n) is 11.7. The van der Waals surface area contributed by atoms with Crippen LogP contribution in [0.1, 0.15) is 29.9 Å².